The summed E-state index contributed by atoms with van der Waals surface area (Å²) in [5, 5.41) is 9.16. The third-order valence-corrected chi connectivity index (χ3v) is 2.69. The highest BCUT2D eigenvalue weighted by molar-refractivity contribution is 9.11. The van der Waals surface area contributed by atoms with E-state index in [4.69, 9.17) is 9.84 Å². The molecule has 1 atom stereocenters. The highest BCUT2D eigenvalue weighted by Crippen LogP contribution is 2.26. The Morgan fingerprint density at radius 2 is 2.07 bits per heavy atom. The number of rotatable bonds is 6. The van der Waals surface area contributed by atoms with Crippen LogP contribution in [0.25, 0.3) is 0 Å². The maximum Gasteiger partial charge on any atom is 0.126 e. The Kier molecular flexibility index (Phi) is 5.44. The van der Waals surface area contributed by atoms with Crippen LogP contribution < -0.4 is 0 Å². The second kappa shape index (κ2) is 5.81. The Hall–Kier alpha value is -0.960. The standard InChI is InChI=1S/C12H17BrO2/c1-6-9(3)15-12(5,7-2)8-11(13)10(4)14/h6,8,14H,1,3-4,7H2,2,5H3/b11-8+. The van der Waals surface area contributed by atoms with Crippen LogP contribution in [0.15, 0.2) is 47.9 Å². The SMILES string of the molecule is C=CC(=C)OC(C)(/C=C(/Br)C(=C)O)CC. The first-order chi connectivity index (χ1) is 6.84. The third-order valence-electron chi connectivity index (χ3n) is 2.00. The van der Waals surface area contributed by atoms with Gasteiger partial charge in [-0.05, 0) is 41.4 Å². The van der Waals surface area contributed by atoms with Crippen LogP contribution in [0.3, 0.4) is 0 Å². The fourth-order valence-corrected chi connectivity index (χ4v) is 1.38. The highest BCUT2D eigenvalue weighted by Gasteiger charge is 2.22. The molecule has 0 heterocycles. The second-order valence-corrected chi connectivity index (χ2v) is 4.23. The van der Waals surface area contributed by atoms with E-state index in [1.807, 2.05) is 13.8 Å². The van der Waals surface area contributed by atoms with Gasteiger partial charge in [-0.1, -0.05) is 26.7 Å². The van der Waals surface area contributed by atoms with E-state index in [2.05, 4.69) is 35.7 Å². The Balaban J connectivity index is 4.85. The first-order valence-electron chi connectivity index (χ1n) is 4.61. The molecule has 0 rings (SSSR count). The van der Waals surface area contributed by atoms with Crippen LogP contribution in [-0.4, -0.2) is 10.7 Å². The van der Waals surface area contributed by atoms with Crippen LogP contribution in [0, 0.1) is 0 Å². The predicted octanol–water partition coefficient (Wildman–Crippen LogP) is 4.22. The molecule has 0 radical (unpaired) electrons. The molecule has 0 aliphatic rings. The number of aliphatic hydroxyl groups excluding tert-OH is 1. The van der Waals surface area contributed by atoms with Gasteiger partial charge in [-0.15, -0.1) is 0 Å². The Bertz CT molecular complexity index is 305. The molecule has 0 aliphatic carbocycles. The minimum absolute atomic E-state index is 0.0255. The average molecular weight is 273 g/mol. The molecule has 0 fully saturated rings. The summed E-state index contributed by atoms with van der Waals surface area (Å²) in [6.45, 7) is 14.5. The molecule has 0 aromatic rings. The van der Waals surface area contributed by atoms with Gasteiger partial charge in [0, 0.05) is 0 Å². The molecular weight excluding hydrogens is 256 g/mol. The van der Waals surface area contributed by atoms with E-state index in [1.54, 1.807) is 12.2 Å². The van der Waals surface area contributed by atoms with Crippen LogP contribution in [0.1, 0.15) is 20.3 Å². The van der Waals surface area contributed by atoms with E-state index < -0.39 is 5.60 Å². The first-order valence-corrected chi connectivity index (χ1v) is 5.41. The summed E-state index contributed by atoms with van der Waals surface area (Å²) in [5.74, 6) is 0.474. The molecule has 0 amide bonds. The fourth-order valence-electron chi connectivity index (χ4n) is 0.896. The topological polar surface area (TPSA) is 29.5 Å². The molecule has 0 bridgehead atoms. The van der Waals surface area contributed by atoms with Crippen molar-refractivity contribution in [3.05, 3.63) is 47.9 Å². The van der Waals surface area contributed by atoms with E-state index in [9.17, 15) is 0 Å². The molecule has 0 saturated carbocycles. The summed E-state index contributed by atoms with van der Waals surface area (Å²) in [5.41, 5.74) is -0.532. The van der Waals surface area contributed by atoms with Gasteiger partial charge in [0.05, 0.1) is 4.48 Å². The molecule has 0 aromatic carbocycles. The van der Waals surface area contributed by atoms with E-state index in [0.29, 0.717) is 10.2 Å². The highest BCUT2D eigenvalue weighted by atomic mass is 79.9. The Morgan fingerprint density at radius 1 is 1.53 bits per heavy atom. The van der Waals surface area contributed by atoms with Gasteiger partial charge in [-0.2, -0.15) is 0 Å². The third kappa shape index (κ3) is 4.88. The van der Waals surface area contributed by atoms with E-state index >= 15 is 0 Å². The predicted molar refractivity (Wildman–Crippen MR) is 67.9 cm³/mol. The number of halogens is 1. The van der Waals surface area contributed by atoms with Crippen LogP contribution in [0.2, 0.25) is 0 Å². The minimum Gasteiger partial charge on any atom is -0.507 e. The van der Waals surface area contributed by atoms with E-state index in [-0.39, 0.29) is 5.76 Å². The monoisotopic (exact) mass is 272 g/mol. The smallest absolute Gasteiger partial charge is 0.126 e. The zero-order valence-corrected chi connectivity index (χ0v) is 10.8. The lowest BCUT2D eigenvalue weighted by atomic mass is 10.0. The maximum atomic E-state index is 9.16. The summed E-state index contributed by atoms with van der Waals surface area (Å²) in [6.07, 6.45) is 4.04. The second-order valence-electron chi connectivity index (χ2n) is 3.38. The van der Waals surface area contributed by atoms with Gasteiger partial charge < -0.3 is 9.84 Å². The van der Waals surface area contributed by atoms with Gasteiger partial charge in [0.1, 0.15) is 17.1 Å². The zero-order valence-electron chi connectivity index (χ0n) is 9.22. The minimum atomic E-state index is -0.532. The van der Waals surface area contributed by atoms with Crippen LogP contribution >= 0.6 is 15.9 Å². The molecule has 2 nitrogen and oxygen atoms in total. The van der Waals surface area contributed by atoms with Crippen LogP contribution in [-0.2, 0) is 4.74 Å². The maximum absolute atomic E-state index is 9.16. The van der Waals surface area contributed by atoms with Gasteiger partial charge in [-0.3, -0.25) is 0 Å². The number of hydrogen-bond acceptors (Lipinski definition) is 2. The lowest BCUT2D eigenvalue weighted by Crippen LogP contribution is -2.24. The van der Waals surface area contributed by atoms with E-state index in [1.165, 1.54) is 0 Å². The van der Waals surface area contributed by atoms with Crippen molar-refractivity contribution < 1.29 is 9.84 Å². The first kappa shape index (κ1) is 14.0. The van der Waals surface area contributed by atoms with Gasteiger partial charge in [0.25, 0.3) is 0 Å². The van der Waals surface area contributed by atoms with Crippen molar-refractivity contribution in [1.29, 1.82) is 0 Å². The molecule has 3 heteroatoms. The normalized spacial score (nSPS) is 15.3. The molecule has 1 unspecified atom stereocenters. The Labute approximate surface area is 99.8 Å². The molecule has 15 heavy (non-hydrogen) atoms. The quantitative estimate of drug-likeness (QED) is 0.580. The zero-order chi connectivity index (χ0) is 12.1. The van der Waals surface area contributed by atoms with Gasteiger partial charge >= 0.3 is 0 Å². The largest absolute Gasteiger partial charge is 0.507 e. The number of aliphatic hydroxyl groups is 1. The number of ether oxygens (including phenoxy) is 1. The van der Waals surface area contributed by atoms with Crippen molar-refractivity contribution in [3.8, 4) is 0 Å². The summed E-state index contributed by atoms with van der Waals surface area (Å²) in [4.78, 5) is 0. The molecule has 84 valence electrons. The molecule has 0 aromatic heterocycles. The summed E-state index contributed by atoms with van der Waals surface area (Å²) in [7, 11) is 0. The Morgan fingerprint density at radius 3 is 2.40 bits per heavy atom. The fraction of sp³-hybridized carbons (Fsp3) is 0.333. The summed E-state index contributed by atoms with van der Waals surface area (Å²) < 4.78 is 6.10. The lowest BCUT2D eigenvalue weighted by molar-refractivity contribution is 0.0663. The van der Waals surface area contributed by atoms with Crippen molar-refractivity contribution in [1.82, 2.24) is 0 Å². The number of allylic oxidation sites excluding steroid dienone is 2. The van der Waals surface area contributed by atoms with Crippen molar-refractivity contribution in [2.24, 2.45) is 0 Å². The molecule has 0 saturated heterocycles. The summed E-state index contributed by atoms with van der Waals surface area (Å²) >= 11 is 3.21. The molecule has 0 spiro atoms. The molecule has 0 aliphatic heterocycles. The van der Waals surface area contributed by atoms with Gasteiger partial charge in [0.15, 0.2) is 0 Å². The molecule has 1 N–H and O–H groups in total. The van der Waals surface area contributed by atoms with Crippen molar-refractivity contribution in [2.75, 3.05) is 0 Å². The van der Waals surface area contributed by atoms with E-state index in [0.717, 1.165) is 6.42 Å². The number of hydrogen-bond donors (Lipinski definition) is 1. The average Bonchev–Trinajstić information content (AvgIpc) is 2.17. The van der Waals surface area contributed by atoms with Crippen LogP contribution in [0.4, 0.5) is 0 Å². The van der Waals surface area contributed by atoms with Gasteiger partial charge in [-0.25, -0.2) is 0 Å². The van der Waals surface area contributed by atoms with Crippen molar-refractivity contribution in [2.45, 2.75) is 25.9 Å². The van der Waals surface area contributed by atoms with Crippen molar-refractivity contribution >= 4 is 15.9 Å². The van der Waals surface area contributed by atoms with Gasteiger partial charge in [0.2, 0.25) is 0 Å². The summed E-state index contributed by atoms with van der Waals surface area (Å²) in [6, 6.07) is 0. The van der Waals surface area contributed by atoms with Crippen molar-refractivity contribution in [3.63, 3.8) is 0 Å². The van der Waals surface area contributed by atoms with Crippen LogP contribution in [0.5, 0.6) is 0 Å². The molecular formula is C12H17BrO2. The lowest BCUT2D eigenvalue weighted by Gasteiger charge is -2.27.